The highest BCUT2D eigenvalue weighted by atomic mass is 16.2. The van der Waals surface area contributed by atoms with Gasteiger partial charge >= 0.3 is 0 Å². The smallest absolute Gasteiger partial charge is 0.244 e. The van der Waals surface area contributed by atoms with Crippen molar-refractivity contribution < 1.29 is 9.59 Å². The molecule has 4 nitrogen and oxygen atoms in total. The monoisotopic (exact) mass is 432 g/mol. The van der Waals surface area contributed by atoms with Gasteiger partial charge in [-0.05, 0) is 93.3 Å². The molecule has 1 saturated heterocycles. The molecule has 0 atom stereocenters. The summed E-state index contributed by atoms with van der Waals surface area (Å²) in [4.78, 5) is 27.2. The third kappa shape index (κ3) is 6.05. The van der Waals surface area contributed by atoms with Crippen LogP contribution in [0.15, 0.2) is 0 Å². The Morgan fingerprint density at radius 2 is 0.871 bits per heavy atom. The normalized spacial score (nSPS) is 31.3. The Morgan fingerprint density at radius 1 is 0.548 bits per heavy atom. The predicted molar refractivity (Wildman–Crippen MR) is 127 cm³/mol. The van der Waals surface area contributed by atoms with Crippen molar-refractivity contribution in [1.82, 2.24) is 10.0 Å². The maximum atomic E-state index is 13.6. The Balaban J connectivity index is 1.64. The van der Waals surface area contributed by atoms with E-state index in [1.807, 2.05) is 10.0 Å². The van der Waals surface area contributed by atoms with Gasteiger partial charge in [0.15, 0.2) is 0 Å². The van der Waals surface area contributed by atoms with Crippen LogP contribution >= 0.6 is 0 Å². The van der Waals surface area contributed by atoms with E-state index < -0.39 is 0 Å². The summed E-state index contributed by atoms with van der Waals surface area (Å²) in [5.74, 6) is 2.07. The third-order valence-corrected chi connectivity index (χ3v) is 8.64. The first kappa shape index (κ1) is 24.6. The van der Waals surface area contributed by atoms with Crippen LogP contribution in [0.4, 0.5) is 0 Å². The summed E-state index contributed by atoms with van der Waals surface area (Å²) in [6.45, 7) is 15.4. The summed E-state index contributed by atoms with van der Waals surface area (Å²) in [5.41, 5.74) is 0.648. The maximum absolute atomic E-state index is 13.6. The standard InChI is InChI=1S/C27H48N2O2/c1-26(2,3)22-14-10-20(11-15-22)24(30)28-18-8-7-9-19-29(28)25(31)21-12-16-23(17-13-21)27(4,5)6/h20-23H,7-19H2,1-6H3. The van der Waals surface area contributed by atoms with Gasteiger partial charge in [-0.3, -0.25) is 19.6 Å². The predicted octanol–water partition coefficient (Wildman–Crippen LogP) is 6.45. The molecule has 3 fully saturated rings. The van der Waals surface area contributed by atoms with E-state index in [1.165, 1.54) is 0 Å². The van der Waals surface area contributed by atoms with Gasteiger partial charge in [-0.1, -0.05) is 41.5 Å². The average molecular weight is 433 g/mol. The zero-order chi connectivity index (χ0) is 22.8. The molecule has 31 heavy (non-hydrogen) atoms. The lowest BCUT2D eigenvalue weighted by Gasteiger charge is -2.42. The van der Waals surface area contributed by atoms with Crippen molar-refractivity contribution in [2.75, 3.05) is 13.1 Å². The molecule has 0 radical (unpaired) electrons. The van der Waals surface area contributed by atoms with Gasteiger partial charge in [-0.2, -0.15) is 0 Å². The van der Waals surface area contributed by atoms with E-state index in [1.54, 1.807) is 0 Å². The van der Waals surface area contributed by atoms with Crippen molar-refractivity contribution in [3.8, 4) is 0 Å². The summed E-state index contributed by atoms with van der Waals surface area (Å²) in [5, 5.41) is 3.79. The van der Waals surface area contributed by atoms with E-state index in [2.05, 4.69) is 41.5 Å². The van der Waals surface area contributed by atoms with Gasteiger partial charge < -0.3 is 0 Å². The zero-order valence-corrected chi connectivity index (χ0v) is 21.2. The van der Waals surface area contributed by atoms with Gasteiger partial charge in [0.05, 0.1) is 0 Å². The molecule has 3 aliphatic rings. The summed E-state index contributed by atoms with van der Waals surface area (Å²) in [6, 6.07) is 0. The average Bonchev–Trinajstić information content (AvgIpc) is 2.98. The Labute approximate surface area is 191 Å². The van der Waals surface area contributed by atoms with Crippen LogP contribution in [-0.2, 0) is 9.59 Å². The minimum absolute atomic E-state index is 0.101. The van der Waals surface area contributed by atoms with Gasteiger partial charge in [0, 0.05) is 24.9 Å². The third-order valence-electron chi connectivity index (χ3n) is 8.64. The van der Waals surface area contributed by atoms with Crippen LogP contribution < -0.4 is 0 Å². The SMILES string of the molecule is CC(C)(C)C1CCC(C(=O)N2CCCCCN2C(=O)C2CCC(C(C)(C)C)CC2)CC1. The van der Waals surface area contributed by atoms with Crippen molar-refractivity contribution >= 4 is 11.8 Å². The fraction of sp³-hybridized carbons (Fsp3) is 0.926. The number of carbonyl (C=O) groups is 2. The molecule has 0 aromatic carbocycles. The molecule has 2 saturated carbocycles. The second-order valence-corrected chi connectivity index (χ2v) is 12.8. The Hall–Kier alpha value is -1.06. The van der Waals surface area contributed by atoms with E-state index in [9.17, 15) is 9.59 Å². The van der Waals surface area contributed by atoms with Crippen LogP contribution in [0.1, 0.15) is 112 Å². The lowest BCUT2D eigenvalue weighted by atomic mass is 9.69. The van der Waals surface area contributed by atoms with E-state index >= 15 is 0 Å². The first-order valence-corrected chi connectivity index (χ1v) is 13.1. The molecule has 1 heterocycles. The van der Waals surface area contributed by atoms with E-state index in [0.29, 0.717) is 22.7 Å². The molecule has 0 bridgehead atoms. The van der Waals surface area contributed by atoms with Gasteiger partial charge in [-0.25, -0.2) is 0 Å². The molecule has 0 unspecified atom stereocenters. The molecular formula is C27H48N2O2. The molecule has 0 aromatic heterocycles. The highest BCUT2D eigenvalue weighted by molar-refractivity contribution is 5.85. The second-order valence-electron chi connectivity index (χ2n) is 12.8. The first-order chi connectivity index (χ1) is 14.5. The second kappa shape index (κ2) is 9.83. The van der Waals surface area contributed by atoms with Gasteiger partial charge in [-0.15, -0.1) is 0 Å². The fourth-order valence-electron chi connectivity index (χ4n) is 6.23. The number of rotatable bonds is 2. The molecule has 0 N–H and O–H groups in total. The molecular weight excluding hydrogens is 384 g/mol. The molecule has 2 aliphatic carbocycles. The summed E-state index contributed by atoms with van der Waals surface area (Å²) >= 11 is 0. The van der Waals surface area contributed by atoms with Crippen molar-refractivity contribution in [2.24, 2.45) is 34.5 Å². The minimum atomic E-state index is 0.101. The van der Waals surface area contributed by atoms with Crippen LogP contribution in [0, 0.1) is 34.5 Å². The summed E-state index contributed by atoms with van der Waals surface area (Å²) in [6.07, 6.45) is 11.6. The molecule has 0 aromatic rings. The Kier molecular flexibility index (Phi) is 7.79. The molecule has 178 valence electrons. The maximum Gasteiger partial charge on any atom is 0.244 e. The quantitative estimate of drug-likeness (QED) is 0.503. The van der Waals surface area contributed by atoms with E-state index in [0.717, 1.165) is 83.7 Å². The highest BCUT2D eigenvalue weighted by Crippen LogP contribution is 2.42. The van der Waals surface area contributed by atoms with Crippen LogP contribution in [0.25, 0.3) is 0 Å². The lowest BCUT2D eigenvalue weighted by molar-refractivity contribution is -0.170. The summed E-state index contributed by atoms with van der Waals surface area (Å²) in [7, 11) is 0. The van der Waals surface area contributed by atoms with Crippen molar-refractivity contribution in [2.45, 2.75) is 112 Å². The lowest BCUT2D eigenvalue weighted by Crippen LogP contribution is -2.54. The molecule has 2 amide bonds. The molecule has 0 spiro atoms. The van der Waals surface area contributed by atoms with Crippen molar-refractivity contribution in [3.05, 3.63) is 0 Å². The topological polar surface area (TPSA) is 40.6 Å². The van der Waals surface area contributed by atoms with Crippen molar-refractivity contribution in [3.63, 3.8) is 0 Å². The Bertz CT molecular complexity index is 560. The number of carbonyl (C=O) groups excluding carboxylic acids is 2. The van der Waals surface area contributed by atoms with Crippen LogP contribution in [0.5, 0.6) is 0 Å². The number of amides is 2. The largest absolute Gasteiger partial charge is 0.273 e. The number of hydrogen-bond acceptors (Lipinski definition) is 2. The fourth-order valence-corrected chi connectivity index (χ4v) is 6.23. The number of hydrazine groups is 1. The Morgan fingerprint density at radius 3 is 1.16 bits per heavy atom. The van der Waals surface area contributed by atoms with Crippen molar-refractivity contribution in [1.29, 1.82) is 0 Å². The van der Waals surface area contributed by atoms with E-state index in [4.69, 9.17) is 0 Å². The van der Waals surface area contributed by atoms with Gasteiger partial charge in [0.2, 0.25) is 11.8 Å². The molecule has 4 heteroatoms. The number of hydrogen-bond donors (Lipinski definition) is 0. The zero-order valence-electron chi connectivity index (χ0n) is 21.2. The van der Waals surface area contributed by atoms with Crippen LogP contribution in [0.2, 0.25) is 0 Å². The molecule has 3 rings (SSSR count). The summed E-state index contributed by atoms with van der Waals surface area (Å²) < 4.78 is 0. The van der Waals surface area contributed by atoms with Gasteiger partial charge in [0.25, 0.3) is 0 Å². The van der Waals surface area contributed by atoms with E-state index in [-0.39, 0.29) is 23.7 Å². The van der Waals surface area contributed by atoms with Gasteiger partial charge in [0.1, 0.15) is 0 Å². The van der Waals surface area contributed by atoms with Crippen LogP contribution in [0.3, 0.4) is 0 Å². The number of nitrogens with zero attached hydrogens (tertiary/aromatic N) is 2. The van der Waals surface area contributed by atoms with Crippen LogP contribution in [-0.4, -0.2) is 34.9 Å². The first-order valence-electron chi connectivity index (χ1n) is 13.1. The highest BCUT2D eigenvalue weighted by Gasteiger charge is 2.39. The molecule has 1 aliphatic heterocycles. The minimum Gasteiger partial charge on any atom is -0.273 e.